The van der Waals surface area contributed by atoms with Crippen LogP contribution in [0.4, 0.5) is 0 Å². The highest BCUT2D eigenvalue weighted by Crippen LogP contribution is 2.34. The van der Waals surface area contributed by atoms with E-state index in [1.54, 1.807) is 0 Å². The van der Waals surface area contributed by atoms with Gasteiger partial charge in [-0.2, -0.15) is 0 Å². The van der Waals surface area contributed by atoms with E-state index < -0.39 is 12.0 Å². The maximum absolute atomic E-state index is 11.4. The third kappa shape index (κ3) is 3.90. The summed E-state index contributed by atoms with van der Waals surface area (Å²) in [6, 6.07) is 2.84. The first-order chi connectivity index (χ1) is 8.49. The summed E-state index contributed by atoms with van der Waals surface area (Å²) in [5.41, 5.74) is 1.97. The van der Waals surface area contributed by atoms with Crippen LogP contribution in [0.1, 0.15) is 0 Å². The van der Waals surface area contributed by atoms with Crippen molar-refractivity contribution in [2.75, 3.05) is 13.7 Å². The van der Waals surface area contributed by atoms with Crippen molar-refractivity contribution < 1.29 is 14.3 Å². The summed E-state index contributed by atoms with van der Waals surface area (Å²) in [6.07, 6.45) is -0.935. The first-order valence-electron chi connectivity index (χ1n) is 4.80. The van der Waals surface area contributed by atoms with Gasteiger partial charge in [-0.3, -0.25) is 10.2 Å². The molecule has 1 unspecified atom stereocenters. The lowest BCUT2D eigenvalue weighted by molar-refractivity contribution is -0.130. The number of carbonyl (C=O) groups excluding carboxylic acids is 1. The molecule has 3 N–H and O–H groups in total. The highest BCUT2D eigenvalue weighted by Gasteiger charge is 2.21. The molecule has 0 aliphatic rings. The first kappa shape index (κ1) is 15.3. The molecule has 0 bridgehead atoms. The standard InChI is InChI=1S/C10H11Cl3N2O3/c1-17-4-9(10(16)15-14)18-8-3-6(12)5(11)2-7(8)13/h2-3,9H,4,14H2,1H3,(H,15,16). The second-order valence-corrected chi connectivity index (χ2v) is 4.49. The number of benzene rings is 1. The van der Waals surface area contributed by atoms with Crippen LogP contribution in [0.3, 0.4) is 0 Å². The Labute approximate surface area is 119 Å². The van der Waals surface area contributed by atoms with Gasteiger partial charge in [0.05, 0.1) is 21.7 Å². The molecule has 0 spiro atoms. The molecule has 100 valence electrons. The maximum Gasteiger partial charge on any atom is 0.277 e. The summed E-state index contributed by atoms with van der Waals surface area (Å²) in [7, 11) is 1.43. The summed E-state index contributed by atoms with van der Waals surface area (Å²) in [6.45, 7) is 0.0135. The fraction of sp³-hybridized carbons (Fsp3) is 0.300. The number of hydrazine groups is 1. The Morgan fingerprint density at radius 3 is 2.50 bits per heavy atom. The van der Waals surface area contributed by atoms with E-state index in [1.807, 2.05) is 5.43 Å². The molecule has 5 nitrogen and oxygen atoms in total. The zero-order valence-corrected chi connectivity index (χ0v) is 11.6. The summed E-state index contributed by atoms with van der Waals surface area (Å²) < 4.78 is 10.2. The lowest BCUT2D eigenvalue weighted by Crippen LogP contribution is -2.44. The maximum atomic E-state index is 11.4. The number of nitrogens with two attached hydrogens (primary N) is 1. The molecule has 1 atom stereocenters. The van der Waals surface area contributed by atoms with Crippen LogP contribution >= 0.6 is 34.8 Å². The third-order valence-electron chi connectivity index (χ3n) is 2.00. The largest absolute Gasteiger partial charge is 0.476 e. The third-order valence-corrected chi connectivity index (χ3v) is 3.01. The Hall–Kier alpha value is -0.720. The van der Waals surface area contributed by atoms with Crippen molar-refractivity contribution in [1.29, 1.82) is 0 Å². The van der Waals surface area contributed by atoms with Crippen LogP contribution in [0.15, 0.2) is 12.1 Å². The van der Waals surface area contributed by atoms with E-state index in [-0.39, 0.29) is 22.4 Å². The minimum absolute atomic E-state index is 0.0135. The van der Waals surface area contributed by atoms with E-state index in [9.17, 15) is 4.79 Å². The van der Waals surface area contributed by atoms with Gasteiger partial charge in [-0.05, 0) is 6.07 Å². The van der Waals surface area contributed by atoms with Gasteiger partial charge in [-0.1, -0.05) is 34.8 Å². The molecule has 0 aliphatic carbocycles. The van der Waals surface area contributed by atoms with Crippen molar-refractivity contribution in [3.8, 4) is 5.75 Å². The van der Waals surface area contributed by atoms with E-state index in [1.165, 1.54) is 19.2 Å². The first-order valence-corrected chi connectivity index (χ1v) is 5.93. The van der Waals surface area contributed by atoms with Crippen LogP contribution in [0.5, 0.6) is 5.75 Å². The second kappa shape index (κ2) is 7.01. The predicted octanol–water partition coefficient (Wildman–Crippen LogP) is 2.03. The number of rotatable bonds is 5. The van der Waals surface area contributed by atoms with E-state index in [2.05, 4.69) is 0 Å². The minimum Gasteiger partial charge on any atom is -0.476 e. The van der Waals surface area contributed by atoms with Gasteiger partial charge in [-0.25, -0.2) is 5.84 Å². The number of halogens is 3. The second-order valence-electron chi connectivity index (χ2n) is 3.27. The lowest BCUT2D eigenvalue weighted by atomic mass is 10.3. The topological polar surface area (TPSA) is 73.6 Å². The molecule has 1 aromatic carbocycles. The zero-order valence-electron chi connectivity index (χ0n) is 9.38. The Balaban J connectivity index is 2.93. The summed E-state index contributed by atoms with van der Waals surface area (Å²) in [4.78, 5) is 11.4. The van der Waals surface area contributed by atoms with E-state index in [0.717, 1.165) is 0 Å². The Morgan fingerprint density at radius 1 is 1.33 bits per heavy atom. The van der Waals surface area contributed by atoms with Gasteiger partial charge in [-0.15, -0.1) is 0 Å². The molecule has 1 rings (SSSR count). The molecule has 0 aliphatic heterocycles. The molecule has 1 aromatic rings. The Morgan fingerprint density at radius 2 is 1.94 bits per heavy atom. The molecule has 0 saturated heterocycles. The van der Waals surface area contributed by atoms with Crippen molar-refractivity contribution in [1.82, 2.24) is 5.43 Å². The average Bonchev–Trinajstić information content (AvgIpc) is 2.34. The van der Waals surface area contributed by atoms with Gasteiger partial charge >= 0.3 is 0 Å². The van der Waals surface area contributed by atoms with Gasteiger partial charge in [0.15, 0.2) is 0 Å². The van der Waals surface area contributed by atoms with Crippen LogP contribution in [0.25, 0.3) is 0 Å². The van der Waals surface area contributed by atoms with Gasteiger partial charge in [0.1, 0.15) is 5.75 Å². The van der Waals surface area contributed by atoms with Gasteiger partial charge in [0.25, 0.3) is 5.91 Å². The quantitative estimate of drug-likeness (QED) is 0.377. The van der Waals surface area contributed by atoms with Crippen molar-refractivity contribution in [2.24, 2.45) is 5.84 Å². The molecule has 8 heteroatoms. The molecular weight excluding hydrogens is 302 g/mol. The summed E-state index contributed by atoms with van der Waals surface area (Å²) >= 11 is 17.5. The number of nitrogens with one attached hydrogen (secondary N) is 1. The zero-order chi connectivity index (χ0) is 13.7. The number of amides is 1. The Bertz CT molecular complexity index is 443. The van der Waals surface area contributed by atoms with Crippen LogP contribution in [0, 0.1) is 0 Å². The fourth-order valence-electron chi connectivity index (χ4n) is 1.16. The molecule has 0 saturated carbocycles. The van der Waals surface area contributed by atoms with Crippen LogP contribution in [-0.4, -0.2) is 25.7 Å². The van der Waals surface area contributed by atoms with E-state index in [4.69, 9.17) is 50.1 Å². The number of ether oxygens (including phenoxy) is 2. The predicted molar refractivity (Wildman–Crippen MR) is 70.1 cm³/mol. The molecule has 18 heavy (non-hydrogen) atoms. The molecule has 0 fully saturated rings. The van der Waals surface area contributed by atoms with Crippen molar-refractivity contribution in [3.05, 3.63) is 27.2 Å². The average molecular weight is 314 g/mol. The minimum atomic E-state index is -0.935. The van der Waals surface area contributed by atoms with E-state index in [0.29, 0.717) is 5.02 Å². The van der Waals surface area contributed by atoms with Crippen molar-refractivity contribution in [2.45, 2.75) is 6.10 Å². The van der Waals surface area contributed by atoms with Crippen molar-refractivity contribution in [3.63, 3.8) is 0 Å². The smallest absolute Gasteiger partial charge is 0.277 e. The van der Waals surface area contributed by atoms with Crippen LogP contribution in [-0.2, 0) is 9.53 Å². The monoisotopic (exact) mass is 312 g/mol. The number of hydrogen-bond donors (Lipinski definition) is 2. The molecule has 1 amide bonds. The van der Waals surface area contributed by atoms with Gasteiger partial charge < -0.3 is 9.47 Å². The van der Waals surface area contributed by atoms with Crippen LogP contribution in [0.2, 0.25) is 15.1 Å². The number of methoxy groups -OCH3 is 1. The number of hydrogen-bond acceptors (Lipinski definition) is 4. The highest BCUT2D eigenvalue weighted by atomic mass is 35.5. The number of carbonyl (C=O) groups is 1. The molecule has 0 heterocycles. The summed E-state index contributed by atoms with van der Waals surface area (Å²) in [5, 5.41) is 0.788. The molecular formula is C10H11Cl3N2O3. The molecule has 0 aromatic heterocycles. The van der Waals surface area contributed by atoms with Crippen LogP contribution < -0.4 is 16.0 Å². The van der Waals surface area contributed by atoms with E-state index >= 15 is 0 Å². The normalized spacial score (nSPS) is 12.1. The summed E-state index contributed by atoms with van der Waals surface area (Å²) in [5.74, 6) is 4.71. The SMILES string of the molecule is COCC(Oc1cc(Cl)c(Cl)cc1Cl)C(=O)NN. The van der Waals surface area contributed by atoms with Crippen molar-refractivity contribution >= 4 is 40.7 Å². The highest BCUT2D eigenvalue weighted by molar-refractivity contribution is 6.43. The molecule has 0 radical (unpaired) electrons. The Kier molecular flexibility index (Phi) is 5.98. The lowest BCUT2D eigenvalue weighted by Gasteiger charge is -2.17. The van der Waals surface area contributed by atoms with Gasteiger partial charge in [0, 0.05) is 13.2 Å². The van der Waals surface area contributed by atoms with Gasteiger partial charge in [0.2, 0.25) is 6.10 Å². The fourth-order valence-corrected chi connectivity index (χ4v) is 1.74.